The fourth-order valence-electron chi connectivity index (χ4n) is 2.96. The van der Waals surface area contributed by atoms with Gasteiger partial charge in [0.1, 0.15) is 21.4 Å². The van der Waals surface area contributed by atoms with Crippen LogP contribution in [0.15, 0.2) is 24.3 Å². The van der Waals surface area contributed by atoms with Gasteiger partial charge in [0.05, 0.1) is 12.7 Å². The molecule has 1 aliphatic carbocycles. The van der Waals surface area contributed by atoms with Gasteiger partial charge in [-0.1, -0.05) is 31.4 Å². The lowest BCUT2D eigenvalue weighted by molar-refractivity contribution is 0.141. The van der Waals surface area contributed by atoms with Crippen LogP contribution in [-0.2, 0) is 0 Å². The first-order chi connectivity index (χ1) is 10.9. The Balaban J connectivity index is 1.80. The molecule has 0 bridgehead atoms. The van der Waals surface area contributed by atoms with E-state index in [0.29, 0.717) is 18.9 Å². The summed E-state index contributed by atoms with van der Waals surface area (Å²) in [6.45, 7) is 1.05. The standard InChI is InChI=1S/C17H25B2NO3/c18-17(19,22)20-10-9-16(21)14-7-4-8-15(11-14)23-12-13-5-2-1-3-6-13/h4,7-8,11,13,16,20-22H,1-3,5-6,9-10,12H2. The minimum Gasteiger partial charge on any atom is -0.493 e. The molecule has 0 aliphatic heterocycles. The first-order valence-electron chi connectivity index (χ1n) is 8.40. The van der Waals surface area contributed by atoms with Gasteiger partial charge in [-0.3, -0.25) is 0 Å². The first kappa shape index (κ1) is 18.4. The topological polar surface area (TPSA) is 61.7 Å². The predicted octanol–water partition coefficient (Wildman–Crippen LogP) is 1.60. The lowest BCUT2D eigenvalue weighted by Gasteiger charge is -2.22. The summed E-state index contributed by atoms with van der Waals surface area (Å²) in [6, 6.07) is 7.51. The lowest BCUT2D eigenvalue weighted by atomic mass is 9.73. The van der Waals surface area contributed by atoms with Crippen LogP contribution in [0.5, 0.6) is 5.75 Å². The molecule has 122 valence electrons. The molecule has 1 fully saturated rings. The zero-order valence-electron chi connectivity index (χ0n) is 13.6. The van der Waals surface area contributed by atoms with E-state index < -0.39 is 11.6 Å². The largest absolute Gasteiger partial charge is 0.493 e. The van der Waals surface area contributed by atoms with E-state index in [1.807, 2.05) is 24.3 Å². The Kier molecular flexibility index (Phi) is 7.00. The molecule has 1 aromatic carbocycles. The van der Waals surface area contributed by atoms with Crippen molar-refractivity contribution in [2.45, 2.75) is 50.2 Å². The van der Waals surface area contributed by atoms with E-state index in [4.69, 9.17) is 20.4 Å². The van der Waals surface area contributed by atoms with E-state index in [-0.39, 0.29) is 0 Å². The van der Waals surface area contributed by atoms with Gasteiger partial charge in [-0.15, -0.1) is 0 Å². The third kappa shape index (κ3) is 6.98. The van der Waals surface area contributed by atoms with Crippen LogP contribution in [-0.4, -0.2) is 44.6 Å². The summed E-state index contributed by atoms with van der Waals surface area (Å²) in [5, 5.41) is 21.9. The Hall–Kier alpha value is -0.970. The fourth-order valence-corrected chi connectivity index (χ4v) is 2.96. The van der Waals surface area contributed by atoms with Crippen LogP contribution < -0.4 is 10.1 Å². The molecule has 3 N–H and O–H groups in total. The normalized spacial score (nSPS) is 17.8. The van der Waals surface area contributed by atoms with Gasteiger partial charge < -0.3 is 20.3 Å². The maximum atomic E-state index is 10.2. The monoisotopic (exact) mass is 313 g/mol. The Morgan fingerprint density at radius 3 is 2.70 bits per heavy atom. The fraction of sp³-hybridized carbons (Fsp3) is 0.647. The summed E-state index contributed by atoms with van der Waals surface area (Å²) in [5.41, 5.74) is -1.13. The van der Waals surface area contributed by atoms with Gasteiger partial charge in [0.25, 0.3) is 0 Å². The molecule has 1 atom stereocenters. The maximum absolute atomic E-state index is 10.2. The number of ether oxygens (including phenoxy) is 1. The number of rotatable bonds is 8. The average Bonchev–Trinajstić information content (AvgIpc) is 2.53. The van der Waals surface area contributed by atoms with Crippen molar-refractivity contribution in [3.05, 3.63) is 29.8 Å². The minimum atomic E-state index is -1.91. The number of hydrogen-bond donors (Lipinski definition) is 3. The molecule has 0 amide bonds. The summed E-state index contributed by atoms with van der Waals surface area (Å²) in [7, 11) is 10.4. The average molecular weight is 313 g/mol. The van der Waals surface area contributed by atoms with Crippen LogP contribution in [0.4, 0.5) is 0 Å². The van der Waals surface area contributed by atoms with Crippen molar-refractivity contribution in [2.75, 3.05) is 13.2 Å². The van der Waals surface area contributed by atoms with Crippen LogP contribution >= 0.6 is 0 Å². The highest BCUT2D eigenvalue weighted by Crippen LogP contribution is 2.26. The second kappa shape index (κ2) is 8.76. The molecule has 2 rings (SSSR count). The molecule has 1 unspecified atom stereocenters. The van der Waals surface area contributed by atoms with Crippen molar-refractivity contribution in [2.24, 2.45) is 5.92 Å². The molecule has 1 aliphatic rings. The zero-order chi connectivity index (χ0) is 16.7. The summed E-state index contributed by atoms with van der Waals surface area (Å²) >= 11 is 0. The second-order valence-corrected chi connectivity index (χ2v) is 6.44. The number of aliphatic hydroxyl groups excluding tert-OH is 1. The number of hydrogen-bond acceptors (Lipinski definition) is 4. The SMILES string of the molecule is [B]C([B])(O)NCCC(O)c1cccc(OCC2CCCCC2)c1. The molecule has 0 saturated heterocycles. The molecule has 0 heterocycles. The van der Waals surface area contributed by atoms with Gasteiger partial charge in [0, 0.05) is 5.52 Å². The quantitative estimate of drug-likeness (QED) is 0.504. The third-order valence-electron chi connectivity index (χ3n) is 4.28. The van der Waals surface area contributed by atoms with E-state index in [2.05, 4.69) is 5.32 Å². The molecular weight excluding hydrogens is 288 g/mol. The number of nitrogens with one attached hydrogen (secondary N) is 1. The molecule has 4 radical (unpaired) electrons. The molecule has 23 heavy (non-hydrogen) atoms. The second-order valence-electron chi connectivity index (χ2n) is 6.44. The molecule has 0 aromatic heterocycles. The van der Waals surface area contributed by atoms with Crippen molar-refractivity contribution in [1.29, 1.82) is 0 Å². The van der Waals surface area contributed by atoms with Crippen LogP contribution in [0, 0.1) is 5.92 Å². The van der Waals surface area contributed by atoms with Gasteiger partial charge in [-0.2, -0.15) is 0 Å². The highest BCUT2D eigenvalue weighted by molar-refractivity contribution is 6.38. The van der Waals surface area contributed by atoms with Gasteiger partial charge in [-0.25, -0.2) is 0 Å². The van der Waals surface area contributed by atoms with E-state index in [1.54, 1.807) is 0 Å². The Morgan fingerprint density at radius 2 is 2.00 bits per heavy atom. The third-order valence-corrected chi connectivity index (χ3v) is 4.28. The molecular formula is C17H25B2NO3. The van der Waals surface area contributed by atoms with Crippen molar-refractivity contribution in [3.63, 3.8) is 0 Å². The Morgan fingerprint density at radius 1 is 1.26 bits per heavy atom. The van der Waals surface area contributed by atoms with Crippen LogP contribution in [0.3, 0.4) is 0 Å². The van der Waals surface area contributed by atoms with Crippen LogP contribution in [0.2, 0.25) is 0 Å². The highest BCUT2D eigenvalue weighted by atomic mass is 16.5. The number of aliphatic hydroxyl groups is 2. The summed E-state index contributed by atoms with van der Waals surface area (Å²) in [6.07, 6.45) is 6.16. The predicted molar refractivity (Wildman–Crippen MR) is 92.5 cm³/mol. The lowest BCUT2D eigenvalue weighted by Crippen LogP contribution is -2.46. The summed E-state index contributed by atoms with van der Waals surface area (Å²) < 4.78 is 5.89. The van der Waals surface area contributed by atoms with E-state index in [1.165, 1.54) is 32.1 Å². The van der Waals surface area contributed by atoms with Gasteiger partial charge in [0.2, 0.25) is 0 Å². The van der Waals surface area contributed by atoms with E-state index in [0.717, 1.165) is 17.9 Å². The van der Waals surface area contributed by atoms with Crippen molar-refractivity contribution < 1.29 is 14.9 Å². The zero-order valence-corrected chi connectivity index (χ0v) is 13.6. The molecule has 6 heteroatoms. The van der Waals surface area contributed by atoms with Crippen molar-refractivity contribution in [3.8, 4) is 5.75 Å². The first-order valence-corrected chi connectivity index (χ1v) is 8.40. The summed E-state index contributed by atoms with van der Waals surface area (Å²) in [5.74, 6) is 1.43. The molecule has 1 saturated carbocycles. The minimum absolute atomic E-state index is 0.303. The van der Waals surface area contributed by atoms with E-state index in [9.17, 15) is 10.2 Å². The number of benzene rings is 1. The van der Waals surface area contributed by atoms with Gasteiger partial charge >= 0.3 is 0 Å². The maximum Gasteiger partial charge on any atom is 0.120 e. The van der Waals surface area contributed by atoms with Gasteiger partial charge in [0.15, 0.2) is 0 Å². The Labute approximate surface area is 141 Å². The molecule has 4 nitrogen and oxygen atoms in total. The Bertz CT molecular complexity index is 473. The molecule has 0 spiro atoms. The smallest absolute Gasteiger partial charge is 0.120 e. The van der Waals surface area contributed by atoms with Crippen molar-refractivity contribution >= 4 is 15.7 Å². The van der Waals surface area contributed by atoms with E-state index >= 15 is 0 Å². The van der Waals surface area contributed by atoms with Crippen LogP contribution in [0.1, 0.15) is 50.2 Å². The highest BCUT2D eigenvalue weighted by Gasteiger charge is 2.15. The van der Waals surface area contributed by atoms with Gasteiger partial charge in [-0.05, 0) is 49.4 Å². The van der Waals surface area contributed by atoms with Crippen LogP contribution in [0.25, 0.3) is 0 Å². The van der Waals surface area contributed by atoms with Crippen molar-refractivity contribution in [1.82, 2.24) is 5.32 Å². The molecule has 1 aromatic rings. The summed E-state index contributed by atoms with van der Waals surface area (Å²) in [4.78, 5) is 0.